The highest BCUT2D eigenvalue weighted by atomic mass is 16.2. The third kappa shape index (κ3) is 5.89. The fourth-order valence-corrected chi connectivity index (χ4v) is 3.12. The Bertz CT molecular complexity index is 805. The van der Waals surface area contributed by atoms with Crippen LogP contribution in [0, 0.1) is 0 Å². The molecule has 1 aliphatic rings. The Morgan fingerprint density at radius 2 is 1.82 bits per heavy atom. The molecule has 0 spiro atoms. The normalized spacial score (nSPS) is 15.8. The predicted molar refractivity (Wildman–Crippen MR) is 113 cm³/mol. The van der Waals surface area contributed by atoms with Gasteiger partial charge < -0.3 is 10.2 Å². The van der Waals surface area contributed by atoms with Gasteiger partial charge >= 0.3 is 0 Å². The van der Waals surface area contributed by atoms with Gasteiger partial charge in [-0.15, -0.1) is 0 Å². The highest BCUT2D eigenvalue weighted by Gasteiger charge is 2.23. The zero-order chi connectivity index (χ0) is 20.0. The predicted octanol–water partition coefficient (Wildman–Crippen LogP) is 3.16. The van der Waals surface area contributed by atoms with Crippen LogP contribution in [0.1, 0.15) is 36.8 Å². The van der Waals surface area contributed by atoms with Crippen LogP contribution in [0.15, 0.2) is 48.8 Å². The number of rotatable bonds is 5. The van der Waals surface area contributed by atoms with Gasteiger partial charge in [-0.3, -0.25) is 9.69 Å². The van der Waals surface area contributed by atoms with Gasteiger partial charge in [-0.2, -0.15) is 0 Å². The first-order valence-corrected chi connectivity index (χ1v) is 9.74. The molecule has 1 fully saturated rings. The molecular formula is C22H29N5O. The summed E-state index contributed by atoms with van der Waals surface area (Å²) in [6, 6.07) is 12.0. The SMILES string of the molecule is CC(C)(C)Nc1cc(C(=O)N2CCN(C/C=C/c3ccccc3)CC2)ncn1. The van der Waals surface area contributed by atoms with Gasteiger partial charge in [0.25, 0.3) is 5.91 Å². The molecule has 0 aliphatic carbocycles. The van der Waals surface area contributed by atoms with Crippen LogP contribution in [0.3, 0.4) is 0 Å². The molecule has 6 heteroatoms. The third-order valence-corrected chi connectivity index (χ3v) is 4.52. The van der Waals surface area contributed by atoms with E-state index in [0.717, 1.165) is 19.6 Å². The monoisotopic (exact) mass is 379 g/mol. The number of nitrogens with one attached hydrogen (secondary N) is 1. The van der Waals surface area contributed by atoms with Crippen molar-refractivity contribution in [2.75, 3.05) is 38.0 Å². The van der Waals surface area contributed by atoms with Crippen molar-refractivity contribution in [2.45, 2.75) is 26.3 Å². The molecule has 0 bridgehead atoms. The molecule has 1 aromatic carbocycles. The second-order valence-corrected chi connectivity index (χ2v) is 8.07. The Morgan fingerprint density at radius 3 is 2.50 bits per heavy atom. The van der Waals surface area contributed by atoms with Crippen LogP contribution in [0.25, 0.3) is 6.08 Å². The fourth-order valence-electron chi connectivity index (χ4n) is 3.12. The third-order valence-electron chi connectivity index (χ3n) is 4.52. The summed E-state index contributed by atoms with van der Waals surface area (Å²) < 4.78 is 0. The quantitative estimate of drug-likeness (QED) is 0.865. The van der Waals surface area contributed by atoms with Crippen LogP contribution in [0.5, 0.6) is 0 Å². The molecule has 1 amide bonds. The van der Waals surface area contributed by atoms with Crippen molar-refractivity contribution in [3.63, 3.8) is 0 Å². The van der Waals surface area contributed by atoms with Crippen molar-refractivity contribution in [2.24, 2.45) is 0 Å². The van der Waals surface area contributed by atoms with Crippen LogP contribution in [0.4, 0.5) is 5.82 Å². The lowest BCUT2D eigenvalue weighted by Gasteiger charge is -2.34. The first kappa shape index (κ1) is 20.0. The van der Waals surface area contributed by atoms with E-state index in [1.165, 1.54) is 11.9 Å². The minimum atomic E-state index is -0.117. The van der Waals surface area contributed by atoms with E-state index in [4.69, 9.17) is 0 Å². The Labute approximate surface area is 167 Å². The van der Waals surface area contributed by atoms with E-state index in [1.54, 1.807) is 6.07 Å². The Morgan fingerprint density at radius 1 is 1.11 bits per heavy atom. The molecule has 0 saturated carbocycles. The van der Waals surface area contributed by atoms with Gasteiger partial charge in [0.2, 0.25) is 0 Å². The topological polar surface area (TPSA) is 61.4 Å². The van der Waals surface area contributed by atoms with Crippen LogP contribution in [-0.4, -0.2) is 63.9 Å². The summed E-state index contributed by atoms with van der Waals surface area (Å²) in [5.41, 5.74) is 1.53. The fraction of sp³-hybridized carbons (Fsp3) is 0.409. The average molecular weight is 380 g/mol. The number of piperazine rings is 1. The van der Waals surface area contributed by atoms with Gasteiger partial charge in [0, 0.05) is 44.3 Å². The van der Waals surface area contributed by atoms with Crippen molar-refractivity contribution < 1.29 is 4.79 Å². The van der Waals surface area contributed by atoms with E-state index in [9.17, 15) is 4.79 Å². The van der Waals surface area contributed by atoms with Gasteiger partial charge in [0.1, 0.15) is 17.8 Å². The summed E-state index contributed by atoms with van der Waals surface area (Å²) in [5, 5.41) is 3.29. The number of aromatic nitrogens is 2. The van der Waals surface area contributed by atoms with E-state index in [0.29, 0.717) is 24.6 Å². The maximum Gasteiger partial charge on any atom is 0.272 e. The Hall–Kier alpha value is -2.73. The van der Waals surface area contributed by atoms with Gasteiger partial charge in [0.05, 0.1) is 0 Å². The molecule has 0 atom stereocenters. The Balaban J connectivity index is 1.51. The molecular weight excluding hydrogens is 350 g/mol. The van der Waals surface area contributed by atoms with Gasteiger partial charge in [-0.25, -0.2) is 9.97 Å². The van der Waals surface area contributed by atoms with E-state index < -0.39 is 0 Å². The molecule has 1 N–H and O–H groups in total. The first-order valence-electron chi connectivity index (χ1n) is 9.74. The summed E-state index contributed by atoms with van der Waals surface area (Å²) in [6.07, 6.45) is 5.77. The average Bonchev–Trinajstić information content (AvgIpc) is 2.68. The highest BCUT2D eigenvalue weighted by molar-refractivity contribution is 5.93. The molecule has 148 valence electrons. The lowest BCUT2D eigenvalue weighted by Crippen LogP contribution is -2.48. The number of carbonyl (C=O) groups is 1. The molecule has 28 heavy (non-hydrogen) atoms. The zero-order valence-electron chi connectivity index (χ0n) is 16.9. The second-order valence-electron chi connectivity index (χ2n) is 8.07. The van der Waals surface area contributed by atoms with Gasteiger partial charge in [-0.05, 0) is 26.3 Å². The van der Waals surface area contributed by atoms with E-state index in [1.807, 2.05) is 23.1 Å². The number of nitrogens with zero attached hydrogens (tertiary/aromatic N) is 4. The minimum absolute atomic E-state index is 0.0289. The van der Waals surface area contributed by atoms with Crippen LogP contribution < -0.4 is 5.32 Å². The summed E-state index contributed by atoms with van der Waals surface area (Å²) in [7, 11) is 0. The number of benzene rings is 1. The maximum atomic E-state index is 12.8. The lowest BCUT2D eigenvalue weighted by atomic mass is 10.1. The van der Waals surface area contributed by atoms with Crippen molar-refractivity contribution >= 4 is 17.8 Å². The minimum Gasteiger partial charge on any atom is -0.365 e. The molecule has 6 nitrogen and oxygen atoms in total. The molecule has 1 aromatic heterocycles. The Kier molecular flexibility index (Phi) is 6.41. The standard InChI is InChI=1S/C22H29N5O/c1-22(2,3)25-20-16-19(23-17-24-20)21(28)27-14-12-26(13-15-27)11-7-10-18-8-5-4-6-9-18/h4-10,16-17H,11-15H2,1-3H3,(H,23,24,25)/b10-7+. The molecule has 1 saturated heterocycles. The highest BCUT2D eigenvalue weighted by Crippen LogP contribution is 2.14. The van der Waals surface area contributed by atoms with E-state index in [-0.39, 0.29) is 11.4 Å². The molecule has 1 aliphatic heterocycles. The molecule has 2 aromatic rings. The largest absolute Gasteiger partial charge is 0.365 e. The van der Waals surface area contributed by atoms with Gasteiger partial charge in [0.15, 0.2) is 0 Å². The van der Waals surface area contributed by atoms with Gasteiger partial charge in [-0.1, -0.05) is 42.5 Å². The summed E-state index contributed by atoms with van der Waals surface area (Å²) in [4.78, 5) is 25.4. The molecule has 2 heterocycles. The van der Waals surface area contributed by atoms with Crippen molar-refractivity contribution in [3.05, 3.63) is 60.1 Å². The van der Waals surface area contributed by atoms with E-state index in [2.05, 4.69) is 65.2 Å². The maximum absolute atomic E-state index is 12.8. The zero-order valence-corrected chi connectivity index (χ0v) is 16.9. The summed E-state index contributed by atoms with van der Waals surface area (Å²) >= 11 is 0. The number of carbonyl (C=O) groups excluding carboxylic acids is 1. The van der Waals surface area contributed by atoms with Crippen LogP contribution in [-0.2, 0) is 0 Å². The van der Waals surface area contributed by atoms with Crippen LogP contribution in [0.2, 0.25) is 0 Å². The second kappa shape index (κ2) is 8.97. The summed E-state index contributed by atoms with van der Waals surface area (Å²) in [6.45, 7) is 10.2. The number of hydrogen-bond acceptors (Lipinski definition) is 5. The van der Waals surface area contributed by atoms with E-state index >= 15 is 0 Å². The van der Waals surface area contributed by atoms with Crippen molar-refractivity contribution in [3.8, 4) is 0 Å². The molecule has 3 rings (SSSR count). The smallest absolute Gasteiger partial charge is 0.272 e. The summed E-state index contributed by atoms with van der Waals surface area (Å²) in [5.74, 6) is 0.648. The molecule has 0 radical (unpaired) electrons. The van der Waals surface area contributed by atoms with Crippen LogP contribution >= 0.6 is 0 Å². The number of amides is 1. The van der Waals surface area contributed by atoms with Crippen molar-refractivity contribution in [1.82, 2.24) is 19.8 Å². The first-order chi connectivity index (χ1) is 13.4. The molecule has 0 unspecified atom stereocenters. The lowest BCUT2D eigenvalue weighted by molar-refractivity contribution is 0.0644. The van der Waals surface area contributed by atoms with Crippen molar-refractivity contribution in [1.29, 1.82) is 0 Å². The number of anilines is 1. The number of hydrogen-bond donors (Lipinski definition) is 1.